The van der Waals surface area contributed by atoms with E-state index in [4.69, 9.17) is 10.2 Å². The van der Waals surface area contributed by atoms with E-state index in [0.717, 1.165) is 60.4 Å². The summed E-state index contributed by atoms with van der Waals surface area (Å²) in [7, 11) is -4.24. The fraction of sp³-hybridized carbons (Fsp3) is 0.276. The third-order valence-electron chi connectivity index (χ3n) is 7.07. The van der Waals surface area contributed by atoms with E-state index in [1.54, 1.807) is 16.8 Å². The zero-order valence-electron chi connectivity index (χ0n) is 21.6. The van der Waals surface area contributed by atoms with Gasteiger partial charge in [0.05, 0.1) is 17.0 Å². The van der Waals surface area contributed by atoms with Gasteiger partial charge < -0.3 is 5.11 Å². The van der Waals surface area contributed by atoms with Gasteiger partial charge in [0.2, 0.25) is 15.2 Å². The Labute approximate surface area is 238 Å². The average Bonchev–Trinajstić information content (AvgIpc) is 3.83. The van der Waals surface area contributed by atoms with E-state index in [-0.39, 0.29) is 23.6 Å². The topological polar surface area (TPSA) is 128 Å². The molecule has 0 saturated heterocycles. The third kappa shape index (κ3) is 5.93. The van der Waals surface area contributed by atoms with Crippen LogP contribution in [0.2, 0.25) is 0 Å². The van der Waals surface area contributed by atoms with Crippen LogP contribution in [0, 0.1) is 35.3 Å². The number of primary sulfonamides is 1. The van der Waals surface area contributed by atoms with Gasteiger partial charge in [-0.2, -0.15) is 5.10 Å². The van der Waals surface area contributed by atoms with Crippen LogP contribution in [0.3, 0.4) is 0 Å². The lowest BCUT2D eigenvalue weighted by Crippen LogP contribution is -2.14. The van der Waals surface area contributed by atoms with Gasteiger partial charge in [0.1, 0.15) is 16.5 Å². The molecule has 0 unspecified atom stereocenters. The Morgan fingerprint density at radius 1 is 1.12 bits per heavy atom. The minimum Gasteiger partial charge on any atom is -0.476 e. The Bertz CT molecular complexity index is 1860. The van der Waals surface area contributed by atoms with Crippen molar-refractivity contribution < 1.29 is 27.1 Å². The van der Waals surface area contributed by atoms with Crippen LogP contribution in [-0.2, 0) is 22.9 Å². The molecule has 4 aromatic rings. The zero-order valence-corrected chi connectivity index (χ0v) is 23.2. The Kier molecular flexibility index (Phi) is 6.97. The summed E-state index contributed by atoms with van der Waals surface area (Å²) < 4.78 is 54.6. The molecule has 2 aromatic heterocycles. The minimum absolute atomic E-state index is 0.110. The lowest BCUT2D eigenvalue weighted by Gasteiger charge is -2.10. The van der Waals surface area contributed by atoms with Crippen LogP contribution in [0.15, 0.2) is 46.7 Å². The SMILES string of the molecule is NS(=O)(=O)c1ccc(Cc2c(-c3ccc(F)c(C#CC4CC4)c3)nn(-c3nc(C(=O)O)cs3)c2CC2CC2)cc1F. The minimum atomic E-state index is -4.24. The highest BCUT2D eigenvalue weighted by molar-refractivity contribution is 7.89. The summed E-state index contributed by atoms with van der Waals surface area (Å²) in [5, 5.41) is 21.2. The summed E-state index contributed by atoms with van der Waals surface area (Å²) in [4.78, 5) is 15.2. The van der Waals surface area contributed by atoms with Crippen LogP contribution >= 0.6 is 11.3 Å². The smallest absolute Gasteiger partial charge is 0.355 e. The molecule has 8 nitrogen and oxygen atoms in total. The highest BCUT2D eigenvalue weighted by atomic mass is 32.2. The van der Waals surface area contributed by atoms with E-state index in [0.29, 0.717) is 34.3 Å². The molecule has 41 heavy (non-hydrogen) atoms. The summed E-state index contributed by atoms with van der Waals surface area (Å²) in [6.45, 7) is 0. The van der Waals surface area contributed by atoms with Crippen molar-refractivity contribution in [1.82, 2.24) is 14.8 Å². The highest BCUT2D eigenvalue weighted by Crippen LogP contribution is 2.38. The van der Waals surface area contributed by atoms with E-state index in [1.165, 1.54) is 17.5 Å². The van der Waals surface area contributed by atoms with E-state index < -0.39 is 32.5 Å². The number of thiazole rings is 1. The number of hydrogen-bond donors (Lipinski definition) is 2. The van der Waals surface area contributed by atoms with Gasteiger partial charge in [0, 0.05) is 28.8 Å². The largest absolute Gasteiger partial charge is 0.476 e. The van der Waals surface area contributed by atoms with Crippen LogP contribution in [0.5, 0.6) is 0 Å². The lowest BCUT2D eigenvalue weighted by molar-refractivity contribution is 0.0691. The average molecular weight is 595 g/mol. The van der Waals surface area contributed by atoms with Crippen molar-refractivity contribution in [3.05, 3.63) is 81.5 Å². The van der Waals surface area contributed by atoms with E-state index in [2.05, 4.69) is 16.8 Å². The zero-order chi connectivity index (χ0) is 28.9. The van der Waals surface area contributed by atoms with Crippen molar-refractivity contribution in [2.75, 3.05) is 0 Å². The van der Waals surface area contributed by atoms with Crippen LogP contribution in [0.1, 0.15) is 58.6 Å². The predicted octanol–water partition coefficient (Wildman–Crippen LogP) is 4.92. The number of benzene rings is 2. The molecular formula is C29H24F2N4O4S2. The van der Waals surface area contributed by atoms with Gasteiger partial charge in [0.25, 0.3) is 0 Å². The van der Waals surface area contributed by atoms with Crippen LogP contribution in [0.25, 0.3) is 16.4 Å². The molecule has 6 rings (SSSR count). The fourth-order valence-corrected chi connectivity index (χ4v) is 5.95. The molecule has 210 valence electrons. The second-order valence-electron chi connectivity index (χ2n) is 10.4. The molecule has 2 fully saturated rings. The molecule has 2 aliphatic carbocycles. The van der Waals surface area contributed by atoms with Gasteiger partial charge in [-0.3, -0.25) is 0 Å². The lowest BCUT2D eigenvalue weighted by atomic mass is 9.96. The summed E-state index contributed by atoms with van der Waals surface area (Å²) in [6.07, 6.45) is 4.84. The first-order valence-corrected chi connectivity index (χ1v) is 15.4. The molecular weight excluding hydrogens is 570 g/mol. The third-order valence-corrected chi connectivity index (χ3v) is 8.83. The van der Waals surface area contributed by atoms with E-state index in [9.17, 15) is 27.1 Å². The maximum absolute atomic E-state index is 14.8. The first-order valence-electron chi connectivity index (χ1n) is 13.0. The molecule has 0 atom stereocenters. The monoisotopic (exact) mass is 594 g/mol. The van der Waals surface area contributed by atoms with Crippen LogP contribution in [0.4, 0.5) is 8.78 Å². The van der Waals surface area contributed by atoms with Crippen molar-refractivity contribution in [1.29, 1.82) is 0 Å². The second kappa shape index (κ2) is 10.5. The summed E-state index contributed by atoms with van der Waals surface area (Å²) in [5.74, 6) is 4.12. The number of sulfonamides is 1. The normalized spacial score (nSPS) is 15.0. The van der Waals surface area contributed by atoms with Gasteiger partial charge in [0.15, 0.2) is 5.69 Å². The summed E-state index contributed by atoms with van der Waals surface area (Å²) in [5.41, 5.74) is 3.20. The standard InChI is InChI=1S/C29H24F2N4O4S2/c30-22-9-8-20(14-19(22)7-5-16-1-2-16)27-21(11-18-6-10-26(23(31)12-18)41(32,38)39)25(13-17-3-4-17)35(34-27)29-33-24(15-40-29)28(36)37/h6,8-10,12,14-17H,1-4,11,13H2,(H,36,37)(H2,32,38,39). The molecule has 2 heterocycles. The predicted molar refractivity (Wildman–Crippen MR) is 148 cm³/mol. The summed E-state index contributed by atoms with van der Waals surface area (Å²) in [6, 6.07) is 8.33. The van der Waals surface area contributed by atoms with Gasteiger partial charge in [-0.05, 0) is 73.9 Å². The van der Waals surface area contributed by atoms with Crippen molar-refractivity contribution in [2.45, 2.75) is 43.4 Å². The molecule has 2 aliphatic rings. The Morgan fingerprint density at radius 2 is 1.90 bits per heavy atom. The van der Waals surface area contributed by atoms with Crippen molar-refractivity contribution in [3.8, 4) is 28.2 Å². The number of aromatic nitrogens is 3. The second-order valence-corrected chi connectivity index (χ2v) is 12.7. The molecule has 0 bridgehead atoms. The van der Waals surface area contributed by atoms with Gasteiger partial charge >= 0.3 is 5.97 Å². The van der Waals surface area contributed by atoms with Gasteiger partial charge in [-0.25, -0.2) is 36.8 Å². The van der Waals surface area contributed by atoms with Crippen molar-refractivity contribution in [3.63, 3.8) is 0 Å². The summed E-state index contributed by atoms with van der Waals surface area (Å²) >= 11 is 1.13. The number of carboxylic acid groups (broad SMARTS) is 1. The van der Waals surface area contributed by atoms with Crippen LogP contribution < -0.4 is 5.14 Å². The van der Waals surface area contributed by atoms with Gasteiger partial charge in [-0.15, -0.1) is 11.3 Å². The Balaban J connectivity index is 1.51. The number of nitrogens with two attached hydrogens (primary N) is 1. The maximum Gasteiger partial charge on any atom is 0.355 e. The molecule has 0 amide bonds. The van der Waals surface area contributed by atoms with E-state index in [1.807, 2.05) is 0 Å². The molecule has 2 saturated carbocycles. The molecule has 2 aromatic carbocycles. The Morgan fingerprint density at radius 3 is 2.54 bits per heavy atom. The highest BCUT2D eigenvalue weighted by Gasteiger charge is 2.30. The Hall–Kier alpha value is -3.92. The van der Waals surface area contributed by atoms with E-state index >= 15 is 0 Å². The first-order chi connectivity index (χ1) is 19.6. The van der Waals surface area contributed by atoms with Crippen molar-refractivity contribution in [2.24, 2.45) is 17.0 Å². The molecule has 0 aliphatic heterocycles. The molecule has 3 N–H and O–H groups in total. The molecule has 0 spiro atoms. The first kappa shape index (κ1) is 27.3. The number of carbonyl (C=O) groups is 1. The quantitative estimate of drug-likeness (QED) is 0.279. The maximum atomic E-state index is 14.8. The number of halogens is 2. The van der Waals surface area contributed by atoms with Crippen molar-refractivity contribution >= 4 is 27.3 Å². The van der Waals surface area contributed by atoms with Gasteiger partial charge in [-0.1, -0.05) is 17.9 Å². The van der Waals surface area contributed by atoms with Crippen LogP contribution in [-0.4, -0.2) is 34.3 Å². The number of carboxylic acids is 1. The number of aromatic carboxylic acids is 1. The fourth-order valence-electron chi connectivity index (χ4n) is 4.59. The number of nitrogens with zero attached hydrogens (tertiary/aromatic N) is 3. The molecule has 12 heteroatoms. The molecule has 0 radical (unpaired) electrons. The number of hydrogen-bond acceptors (Lipinski definition) is 6. The number of rotatable bonds is 8.